The van der Waals surface area contributed by atoms with Gasteiger partial charge in [0.1, 0.15) is 0 Å². The quantitative estimate of drug-likeness (QED) is 0.133. The Labute approximate surface area is 199 Å². The summed E-state index contributed by atoms with van der Waals surface area (Å²) in [7, 11) is 0. The molecule has 0 heterocycles. The molecule has 0 saturated heterocycles. The smallest absolute Gasteiger partial charge is 0.334 e. The second-order valence-electron chi connectivity index (χ2n) is 7.92. The molecule has 0 amide bonds. The zero-order valence-electron chi connectivity index (χ0n) is 19.5. The molecule has 0 bridgehead atoms. The summed E-state index contributed by atoms with van der Waals surface area (Å²) in [5, 5.41) is 8.35. The van der Waals surface area contributed by atoms with E-state index in [-0.39, 0.29) is 17.1 Å². The minimum atomic E-state index is -0.496. The highest BCUT2D eigenvalue weighted by Crippen LogP contribution is 2.27. The molecular weight excluding hydrogens is 428 g/mol. The molecule has 2 aromatic rings. The Hall–Kier alpha value is -3.93. The van der Waals surface area contributed by atoms with Gasteiger partial charge in [0.25, 0.3) is 0 Å². The van der Waals surface area contributed by atoms with E-state index in [2.05, 4.69) is 17.2 Å². The van der Waals surface area contributed by atoms with Gasteiger partial charge < -0.3 is 4.74 Å². The van der Waals surface area contributed by atoms with Crippen molar-refractivity contribution >= 4 is 28.8 Å². The molecule has 0 atom stereocenters. The number of hydrogen-bond acceptors (Lipinski definition) is 6. The van der Waals surface area contributed by atoms with E-state index in [1.165, 1.54) is 6.08 Å². The summed E-state index contributed by atoms with van der Waals surface area (Å²) in [5.41, 5.74) is 2.85. The summed E-state index contributed by atoms with van der Waals surface area (Å²) in [6.07, 6.45) is 7.93. The molecule has 174 valence electrons. The first kappa shape index (κ1) is 24.7. The average molecular weight is 457 g/mol. The van der Waals surface area contributed by atoms with Crippen molar-refractivity contribution in [3.63, 3.8) is 0 Å². The van der Waals surface area contributed by atoms with Gasteiger partial charge in [0.2, 0.25) is 0 Å². The van der Waals surface area contributed by atoms with E-state index < -0.39 is 5.97 Å². The molecule has 0 radical (unpaired) electrons. The van der Waals surface area contributed by atoms with Crippen LogP contribution in [0.5, 0.6) is 0 Å². The standard InChI is InChI=1S/C28H28N2O4/c1-3-4-8-19-34-28(33)20(2)26(27(32)22-9-6-5-7-10-22)21-11-13-23(14-12-21)29-30-24-15-17-25(31)18-16-24/h5-7,9-17H,3-4,8,18-19H2,1-2H3. The molecule has 1 aliphatic carbocycles. The van der Waals surface area contributed by atoms with Gasteiger partial charge in [0.05, 0.1) is 18.0 Å². The van der Waals surface area contributed by atoms with E-state index in [4.69, 9.17) is 4.74 Å². The van der Waals surface area contributed by atoms with Crippen molar-refractivity contribution in [3.8, 4) is 0 Å². The number of rotatable bonds is 10. The SMILES string of the molecule is CCCCCOC(=O)C(C)=C(C(=O)c1ccccc1)c1ccc(N=NC2=CCC(=O)C=C2)cc1. The van der Waals surface area contributed by atoms with E-state index in [9.17, 15) is 14.4 Å². The molecule has 6 nitrogen and oxygen atoms in total. The van der Waals surface area contributed by atoms with Crippen molar-refractivity contribution in [1.29, 1.82) is 0 Å². The summed E-state index contributed by atoms with van der Waals surface area (Å²) in [4.78, 5) is 37.3. The average Bonchev–Trinajstić information content (AvgIpc) is 2.87. The van der Waals surface area contributed by atoms with Crippen LogP contribution in [0.1, 0.15) is 55.5 Å². The third-order valence-electron chi connectivity index (χ3n) is 5.31. The lowest BCUT2D eigenvalue weighted by Gasteiger charge is -2.12. The fourth-order valence-corrected chi connectivity index (χ4v) is 3.38. The number of carbonyl (C=O) groups is 3. The summed E-state index contributed by atoms with van der Waals surface area (Å²) in [6.45, 7) is 4.03. The van der Waals surface area contributed by atoms with Crippen LogP contribution >= 0.6 is 0 Å². The molecule has 0 aliphatic heterocycles. The van der Waals surface area contributed by atoms with E-state index in [1.54, 1.807) is 67.6 Å². The molecule has 3 rings (SSSR count). The lowest BCUT2D eigenvalue weighted by molar-refractivity contribution is -0.139. The first-order valence-corrected chi connectivity index (χ1v) is 11.4. The van der Waals surface area contributed by atoms with Crippen molar-refractivity contribution in [3.05, 3.63) is 95.2 Å². The Morgan fingerprint density at radius 1 is 0.912 bits per heavy atom. The minimum absolute atomic E-state index is 0.0324. The van der Waals surface area contributed by atoms with Crippen LogP contribution in [0.25, 0.3) is 5.57 Å². The predicted molar refractivity (Wildman–Crippen MR) is 132 cm³/mol. The topological polar surface area (TPSA) is 85.2 Å². The van der Waals surface area contributed by atoms with Gasteiger partial charge >= 0.3 is 5.97 Å². The van der Waals surface area contributed by atoms with Crippen molar-refractivity contribution in [2.75, 3.05) is 6.61 Å². The monoisotopic (exact) mass is 456 g/mol. The van der Waals surface area contributed by atoms with Crippen LogP contribution in [-0.4, -0.2) is 24.1 Å². The summed E-state index contributed by atoms with van der Waals surface area (Å²) >= 11 is 0. The second kappa shape index (κ2) is 12.3. The summed E-state index contributed by atoms with van der Waals surface area (Å²) in [6, 6.07) is 15.8. The van der Waals surface area contributed by atoms with Gasteiger partial charge in [-0.2, -0.15) is 10.2 Å². The van der Waals surface area contributed by atoms with Crippen molar-refractivity contribution in [2.45, 2.75) is 39.5 Å². The van der Waals surface area contributed by atoms with E-state index in [0.29, 0.717) is 41.1 Å². The largest absolute Gasteiger partial charge is 0.462 e. The maximum absolute atomic E-state index is 13.4. The number of benzene rings is 2. The maximum atomic E-state index is 13.4. The normalized spacial score (nSPS) is 14.1. The fourth-order valence-electron chi connectivity index (χ4n) is 3.38. The Morgan fingerprint density at radius 3 is 2.29 bits per heavy atom. The fraction of sp³-hybridized carbons (Fsp3) is 0.250. The van der Waals surface area contributed by atoms with E-state index in [0.717, 1.165) is 19.3 Å². The number of azo groups is 1. The summed E-state index contributed by atoms with van der Waals surface area (Å²) < 4.78 is 5.41. The number of hydrogen-bond donors (Lipinski definition) is 0. The van der Waals surface area contributed by atoms with Crippen LogP contribution in [0.2, 0.25) is 0 Å². The zero-order valence-corrected chi connectivity index (χ0v) is 19.5. The number of esters is 1. The van der Waals surface area contributed by atoms with Gasteiger partial charge in [-0.05, 0) is 49.3 Å². The maximum Gasteiger partial charge on any atom is 0.334 e. The lowest BCUT2D eigenvalue weighted by atomic mass is 9.92. The number of ketones is 2. The van der Waals surface area contributed by atoms with Crippen LogP contribution in [-0.2, 0) is 14.3 Å². The van der Waals surface area contributed by atoms with Gasteiger partial charge in [-0.25, -0.2) is 4.79 Å². The van der Waals surface area contributed by atoms with Crippen molar-refractivity contribution in [2.24, 2.45) is 10.2 Å². The molecule has 0 saturated carbocycles. The lowest BCUT2D eigenvalue weighted by Crippen LogP contribution is -2.13. The van der Waals surface area contributed by atoms with Crippen LogP contribution in [0, 0.1) is 0 Å². The molecule has 0 N–H and O–H groups in total. The van der Waals surface area contributed by atoms with Crippen LogP contribution in [0.3, 0.4) is 0 Å². The highest BCUT2D eigenvalue weighted by atomic mass is 16.5. The highest BCUT2D eigenvalue weighted by Gasteiger charge is 2.22. The Kier molecular flexibility index (Phi) is 8.97. The molecule has 0 fully saturated rings. The number of ether oxygens (including phenoxy) is 1. The number of unbranched alkanes of at least 4 members (excludes halogenated alkanes) is 2. The molecule has 6 heteroatoms. The van der Waals surface area contributed by atoms with Crippen molar-refractivity contribution in [1.82, 2.24) is 0 Å². The van der Waals surface area contributed by atoms with Gasteiger partial charge in [-0.1, -0.05) is 62.2 Å². The number of nitrogens with zero attached hydrogens (tertiary/aromatic N) is 2. The Bertz CT molecular complexity index is 1160. The zero-order chi connectivity index (χ0) is 24.3. The number of Topliss-reactive ketones (excluding diaryl/α,β-unsaturated/α-hetero) is 1. The van der Waals surface area contributed by atoms with Crippen LogP contribution < -0.4 is 0 Å². The minimum Gasteiger partial charge on any atom is -0.462 e. The number of carbonyl (C=O) groups excluding carboxylic acids is 3. The Morgan fingerprint density at radius 2 is 1.65 bits per heavy atom. The van der Waals surface area contributed by atoms with E-state index >= 15 is 0 Å². The first-order chi connectivity index (χ1) is 16.5. The molecule has 2 aromatic carbocycles. The van der Waals surface area contributed by atoms with Crippen molar-refractivity contribution < 1.29 is 19.1 Å². The van der Waals surface area contributed by atoms with Gasteiger partial charge in [-0.3, -0.25) is 9.59 Å². The predicted octanol–water partition coefficient (Wildman–Crippen LogP) is 6.57. The van der Waals surface area contributed by atoms with Gasteiger partial charge in [0, 0.05) is 23.1 Å². The molecule has 34 heavy (non-hydrogen) atoms. The molecule has 0 aromatic heterocycles. The Balaban J connectivity index is 1.87. The third kappa shape index (κ3) is 6.78. The van der Waals surface area contributed by atoms with Gasteiger partial charge in [0.15, 0.2) is 11.6 Å². The van der Waals surface area contributed by atoms with Gasteiger partial charge in [-0.15, -0.1) is 0 Å². The molecule has 0 unspecified atom stereocenters. The van der Waals surface area contributed by atoms with Crippen LogP contribution in [0.4, 0.5) is 5.69 Å². The van der Waals surface area contributed by atoms with Crippen LogP contribution in [0.15, 0.2) is 94.3 Å². The van der Waals surface area contributed by atoms with E-state index in [1.807, 2.05) is 6.07 Å². The number of allylic oxidation sites excluding steroid dienone is 4. The molecular formula is C28H28N2O4. The highest BCUT2D eigenvalue weighted by molar-refractivity contribution is 6.32. The summed E-state index contributed by atoms with van der Waals surface area (Å²) in [5.74, 6) is -0.713. The molecule has 0 spiro atoms. The third-order valence-corrected chi connectivity index (χ3v) is 5.31. The molecule has 1 aliphatic rings. The second-order valence-corrected chi connectivity index (χ2v) is 7.92. The first-order valence-electron chi connectivity index (χ1n) is 11.4.